The fourth-order valence-corrected chi connectivity index (χ4v) is 2.04. The minimum atomic E-state index is -0.980. The second kappa shape index (κ2) is 6.61. The van der Waals surface area contributed by atoms with Gasteiger partial charge in [-0.15, -0.1) is 0 Å². The molecule has 2 aromatic rings. The molecule has 0 N–H and O–H groups in total. The maximum Gasteiger partial charge on any atom is 0.166 e. The molecule has 2 aromatic carbocycles. The van der Waals surface area contributed by atoms with E-state index in [2.05, 4.69) is 13.8 Å². The summed E-state index contributed by atoms with van der Waals surface area (Å²) in [5.74, 6) is -2.01. The van der Waals surface area contributed by atoms with Crippen molar-refractivity contribution < 1.29 is 13.2 Å². The van der Waals surface area contributed by atoms with E-state index in [4.69, 9.17) is 0 Å². The Morgan fingerprint density at radius 1 is 0.857 bits per heavy atom. The zero-order valence-corrected chi connectivity index (χ0v) is 12.0. The van der Waals surface area contributed by atoms with E-state index in [1.54, 1.807) is 24.3 Å². The average molecular weight is 290 g/mol. The fraction of sp³-hybridized carbons (Fsp3) is 0.222. The topological polar surface area (TPSA) is 0 Å². The summed E-state index contributed by atoms with van der Waals surface area (Å²) in [6, 6.07) is 11.4. The Morgan fingerprint density at radius 2 is 1.29 bits per heavy atom. The molecule has 0 aromatic heterocycles. The van der Waals surface area contributed by atoms with Crippen molar-refractivity contribution in [3.8, 4) is 0 Å². The van der Waals surface area contributed by atoms with E-state index in [-0.39, 0.29) is 11.1 Å². The second-order valence-corrected chi connectivity index (χ2v) is 5.07. The molecule has 0 aliphatic rings. The van der Waals surface area contributed by atoms with Gasteiger partial charge in [0.25, 0.3) is 0 Å². The Balaban J connectivity index is 2.31. The van der Waals surface area contributed by atoms with Crippen LogP contribution in [-0.2, 0) is 0 Å². The van der Waals surface area contributed by atoms with Crippen LogP contribution < -0.4 is 0 Å². The van der Waals surface area contributed by atoms with E-state index >= 15 is 0 Å². The van der Waals surface area contributed by atoms with Crippen LogP contribution in [0.25, 0.3) is 11.7 Å². The molecule has 1 atom stereocenters. The highest BCUT2D eigenvalue weighted by molar-refractivity contribution is 5.83. The number of rotatable bonds is 4. The average Bonchev–Trinajstić information content (AvgIpc) is 2.53. The van der Waals surface area contributed by atoms with E-state index in [0.29, 0.717) is 5.92 Å². The van der Waals surface area contributed by atoms with Crippen molar-refractivity contribution in [2.45, 2.75) is 26.2 Å². The Labute approximate surface area is 122 Å². The van der Waals surface area contributed by atoms with Gasteiger partial charge < -0.3 is 0 Å². The Bertz CT molecular complexity index is 625. The molecule has 0 aliphatic heterocycles. The second-order valence-electron chi connectivity index (χ2n) is 5.07. The third kappa shape index (κ3) is 3.54. The SMILES string of the molecule is CCC(C)c1ccc(C(F)=C(F)c2ccc(F)cc2)cc1. The lowest BCUT2D eigenvalue weighted by Gasteiger charge is -2.09. The van der Waals surface area contributed by atoms with Gasteiger partial charge in [-0.2, -0.15) is 0 Å². The van der Waals surface area contributed by atoms with Crippen LogP contribution in [0.5, 0.6) is 0 Å². The van der Waals surface area contributed by atoms with Crippen LogP contribution >= 0.6 is 0 Å². The van der Waals surface area contributed by atoms with Crippen molar-refractivity contribution in [2.75, 3.05) is 0 Å². The minimum Gasteiger partial charge on any atom is -0.207 e. The van der Waals surface area contributed by atoms with E-state index in [1.807, 2.05) is 0 Å². The molecule has 21 heavy (non-hydrogen) atoms. The van der Waals surface area contributed by atoms with E-state index in [9.17, 15) is 13.2 Å². The van der Waals surface area contributed by atoms with Gasteiger partial charge in [0.2, 0.25) is 0 Å². The van der Waals surface area contributed by atoms with Gasteiger partial charge >= 0.3 is 0 Å². The molecule has 0 fully saturated rings. The molecule has 0 saturated heterocycles. The number of hydrogen-bond donors (Lipinski definition) is 0. The lowest BCUT2D eigenvalue weighted by atomic mass is 9.97. The minimum absolute atomic E-state index is 0.0277. The van der Waals surface area contributed by atoms with Gasteiger partial charge in [-0.3, -0.25) is 0 Å². The summed E-state index contributed by atoms with van der Waals surface area (Å²) in [5.41, 5.74) is 1.31. The molecule has 0 radical (unpaired) electrons. The van der Waals surface area contributed by atoms with E-state index < -0.39 is 17.5 Å². The molecule has 1 unspecified atom stereocenters. The summed E-state index contributed by atoms with van der Waals surface area (Å²) in [7, 11) is 0. The molecule has 0 bridgehead atoms. The van der Waals surface area contributed by atoms with Crippen LogP contribution in [0.2, 0.25) is 0 Å². The lowest BCUT2D eigenvalue weighted by Crippen LogP contribution is -1.91. The maximum absolute atomic E-state index is 14.1. The summed E-state index contributed by atoms with van der Waals surface area (Å²) in [6.07, 6.45) is 0.988. The zero-order chi connectivity index (χ0) is 15.4. The van der Waals surface area contributed by atoms with Crippen molar-refractivity contribution in [1.29, 1.82) is 0 Å². The van der Waals surface area contributed by atoms with Crippen molar-refractivity contribution in [3.05, 3.63) is 71.0 Å². The maximum atomic E-state index is 14.1. The molecular formula is C18H17F3. The summed E-state index contributed by atoms with van der Waals surface area (Å²) in [6.45, 7) is 4.16. The third-order valence-electron chi connectivity index (χ3n) is 3.64. The Hall–Kier alpha value is -2.03. The molecule has 0 saturated carbocycles. The fourth-order valence-electron chi connectivity index (χ4n) is 2.04. The van der Waals surface area contributed by atoms with Gasteiger partial charge in [0, 0.05) is 11.1 Å². The van der Waals surface area contributed by atoms with E-state index in [0.717, 1.165) is 24.1 Å². The quantitative estimate of drug-likeness (QED) is 0.596. The van der Waals surface area contributed by atoms with Crippen LogP contribution in [0, 0.1) is 5.82 Å². The van der Waals surface area contributed by atoms with Crippen molar-refractivity contribution in [1.82, 2.24) is 0 Å². The van der Waals surface area contributed by atoms with Crippen molar-refractivity contribution >= 4 is 11.7 Å². The highest BCUT2D eigenvalue weighted by atomic mass is 19.2. The Morgan fingerprint density at radius 3 is 1.71 bits per heavy atom. The van der Waals surface area contributed by atoms with Crippen molar-refractivity contribution in [2.24, 2.45) is 0 Å². The first-order valence-corrected chi connectivity index (χ1v) is 6.94. The number of benzene rings is 2. The number of halogens is 3. The first-order valence-electron chi connectivity index (χ1n) is 6.94. The Kier molecular flexibility index (Phi) is 4.84. The van der Waals surface area contributed by atoms with Crippen molar-refractivity contribution in [3.63, 3.8) is 0 Å². The molecule has 3 heteroatoms. The standard InChI is InChI=1S/C18H17F3/c1-3-12(2)13-4-6-14(7-5-13)17(20)18(21)15-8-10-16(19)11-9-15/h4-12H,3H2,1-2H3. The molecule has 0 heterocycles. The molecular weight excluding hydrogens is 273 g/mol. The largest absolute Gasteiger partial charge is 0.207 e. The number of hydrogen-bond acceptors (Lipinski definition) is 0. The summed E-state index contributed by atoms with van der Waals surface area (Å²) < 4.78 is 41.0. The van der Waals surface area contributed by atoms with Crippen LogP contribution in [0.1, 0.15) is 42.9 Å². The van der Waals surface area contributed by atoms with Gasteiger partial charge in [0.05, 0.1) is 0 Å². The molecule has 0 aliphatic carbocycles. The first kappa shape index (κ1) is 15.4. The van der Waals surface area contributed by atoms with Gasteiger partial charge in [-0.1, -0.05) is 38.1 Å². The summed E-state index contributed by atoms with van der Waals surface area (Å²) >= 11 is 0. The predicted octanol–water partition coefficient (Wildman–Crippen LogP) is 6.10. The molecule has 110 valence electrons. The van der Waals surface area contributed by atoms with Crippen LogP contribution in [-0.4, -0.2) is 0 Å². The van der Waals surface area contributed by atoms with Gasteiger partial charge in [-0.25, -0.2) is 13.2 Å². The monoisotopic (exact) mass is 290 g/mol. The van der Waals surface area contributed by atoms with Gasteiger partial charge in [0.15, 0.2) is 11.7 Å². The lowest BCUT2D eigenvalue weighted by molar-refractivity contribution is 0.627. The van der Waals surface area contributed by atoms with Crippen LogP contribution in [0.4, 0.5) is 13.2 Å². The highest BCUT2D eigenvalue weighted by Gasteiger charge is 2.12. The first-order chi connectivity index (χ1) is 10.0. The summed E-state index contributed by atoms with van der Waals surface area (Å²) in [4.78, 5) is 0. The third-order valence-corrected chi connectivity index (χ3v) is 3.64. The highest BCUT2D eigenvalue weighted by Crippen LogP contribution is 2.30. The molecule has 0 spiro atoms. The molecule has 2 rings (SSSR count). The van der Waals surface area contributed by atoms with Crippen LogP contribution in [0.15, 0.2) is 48.5 Å². The van der Waals surface area contributed by atoms with Crippen LogP contribution in [0.3, 0.4) is 0 Å². The smallest absolute Gasteiger partial charge is 0.166 e. The van der Waals surface area contributed by atoms with Gasteiger partial charge in [0.1, 0.15) is 5.82 Å². The normalized spacial score (nSPS) is 13.8. The van der Waals surface area contributed by atoms with Gasteiger partial charge in [-0.05, 0) is 42.2 Å². The summed E-state index contributed by atoms with van der Waals surface area (Å²) in [5, 5.41) is 0. The van der Waals surface area contributed by atoms with E-state index in [1.165, 1.54) is 12.1 Å². The molecule has 0 nitrogen and oxygen atoms in total. The molecule has 0 amide bonds. The zero-order valence-electron chi connectivity index (χ0n) is 12.0. The predicted molar refractivity (Wildman–Crippen MR) is 80.6 cm³/mol.